The summed E-state index contributed by atoms with van der Waals surface area (Å²) in [7, 11) is 0. The van der Waals surface area contributed by atoms with E-state index < -0.39 is 0 Å². The van der Waals surface area contributed by atoms with E-state index in [4.69, 9.17) is 0 Å². The number of benzene rings is 8. The second-order valence-corrected chi connectivity index (χ2v) is 10.2. The summed E-state index contributed by atoms with van der Waals surface area (Å²) in [6.07, 6.45) is 3.89. The van der Waals surface area contributed by atoms with Crippen LogP contribution in [0.4, 0.5) is 0 Å². The Bertz CT molecular complexity index is 2330. The van der Waals surface area contributed by atoms with Crippen LogP contribution < -0.4 is 20.9 Å². The third-order valence-electron chi connectivity index (χ3n) is 8.40. The molecule has 8 rings (SSSR count). The Labute approximate surface area is 207 Å². The van der Waals surface area contributed by atoms with E-state index in [2.05, 4.69) is 88.0 Å². The summed E-state index contributed by atoms with van der Waals surface area (Å²) in [6, 6.07) is 18.2. The van der Waals surface area contributed by atoms with Gasteiger partial charge in [-0.25, -0.2) is 0 Å². The molecule has 0 aliphatic heterocycles. The van der Waals surface area contributed by atoms with E-state index in [0.29, 0.717) is 0 Å². The predicted molar refractivity (Wildman–Crippen MR) is 163 cm³/mol. The molecule has 0 N–H and O–H groups in total. The zero-order chi connectivity index (χ0) is 24.6. The van der Waals surface area contributed by atoms with Crippen molar-refractivity contribution in [3.63, 3.8) is 0 Å². The first-order valence-electron chi connectivity index (χ1n) is 12.2. The molecule has 0 atom stereocenters. The van der Waals surface area contributed by atoms with Gasteiger partial charge in [-0.2, -0.15) is 0 Å². The second kappa shape index (κ2) is 6.11. The molecule has 0 amide bonds. The summed E-state index contributed by atoms with van der Waals surface area (Å²) < 4.78 is 0. The molecule has 0 bridgehead atoms. The van der Waals surface area contributed by atoms with Crippen LogP contribution in [0.25, 0.3) is 114 Å². The van der Waals surface area contributed by atoms with Crippen LogP contribution in [0, 0.1) is 0 Å². The van der Waals surface area contributed by atoms with Crippen molar-refractivity contribution in [2.75, 3.05) is 0 Å². The molecular weight excluding hydrogens is 432 g/mol. The van der Waals surface area contributed by atoms with Gasteiger partial charge in [-0.3, -0.25) is 0 Å². The quantitative estimate of drug-likeness (QED) is 0.195. The van der Waals surface area contributed by atoms with Crippen LogP contribution in [0.3, 0.4) is 0 Å². The Hall–Kier alpha value is -4.68. The summed E-state index contributed by atoms with van der Waals surface area (Å²) >= 11 is 0. The van der Waals surface area contributed by atoms with Gasteiger partial charge in [0.2, 0.25) is 0 Å². The molecule has 0 aliphatic carbocycles. The Morgan fingerprint density at radius 3 is 0.972 bits per heavy atom. The summed E-state index contributed by atoms with van der Waals surface area (Å²) in [4.78, 5) is 0. The van der Waals surface area contributed by atoms with Crippen LogP contribution in [-0.2, 0) is 0 Å². The lowest BCUT2D eigenvalue weighted by Crippen LogP contribution is -2.23. The van der Waals surface area contributed by atoms with E-state index in [1.54, 1.807) is 0 Å². The lowest BCUT2D eigenvalue weighted by molar-refractivity contribution is 1.63. The molecule has 0 spiro atoms. The standard InChI is InChI=1S/C36H22/c1-7-21-11-25-15-27-14-24-10-18(4)20(6)30-22(8-2)12-26-16-28-13-23-9-17(3)19(5)29(21)31(23)33(25)35(28)36(27)34(26)32(24)30/h7-16H,1-6H2. The highest BCUT2D eigenvalue weighted by Crippen LogP contribution is 2.48. The minimum atomic E-state index is 0.958. The first-order chi connectivity index (χ1) is 17.4. The molecule has 0 unspecified atom stereocenters. The number of hydrogen-bond donors (Lipinski definition) is 0. The first-order valence-corrected chi connectivity index (χ1v) is 12.2. The topological polar surface area (TPSA) is 0 Å². The van der Waals surface area contributed by atoms with Crippen LogP contribution in [0.5, 0.6) is 0 Å². The van der Waals surface area contributed by atoms with E-state index in [1.165, 1.54) is 64.6 Å². The van der Waals surface area contributed by atoms with E-state index in [1.807, 2.05) is 12.2 Å². The molecule has 166 valence electrons. The van der Waals surface area contributed by atoms with Crippen LogP contribution in [0.15, 0.2) is 61.7 Å². The minimum Gasteiger partial charge on any atom is -0.0984 e. The van der Waals surface area contributed by atoms with Crippen molar-refractivity contribution in [2.24, 2.45) is 0 Å². The third kappa shape index (κ3) is 2.04. The van der Waals surface area contributed by atoms with E-state index in [0.717, 1.165) is 42.8 Å². The van der Waals surface area contributed by atoms with Crippen molar-refractivity contribution in [3.8, 4) is 0 Å². The molecule has 0 aromatic heterocycles. The number of rotatable bonds is 2. The molecule has 0 heteroatoms. The zero-order valence-corrected chi connectivity index (χ0v) is 20.0. The molecular formula is C36H22. The smallest absolute Gasteiger partial charge is 0.00134 e. The molecule has 0 saturated heterocycles. The van der Waals surface area contributed by atoms with Crippen molar-refractivity contribution < 1.29 is 0 Å². The van der Waals surface area contributed by atoms with Crippen molar-refractivity contribution in [3.05, 3.63) is 93.7 Å². The molecule has 0 nitrogen and oxygen atoms in total. The van der Waals surface area contributed by atoms with Crippen LogP contribution in [-0.4, -0.2) is 0 Å². The molecule has 0 saturated carbocycles. The Balaban J connectivity index is 1.82. The Morgan fingerprint density at radius 1 is 0.361 bits per heavy atom. The molecule has 36 heavy (non-hydrogen) atoms. The summed E-state index contributed by atoms with van der Waals surface area (Å²) in [6.45, 7) is 25.7. The lowest BCUT2D eigenvalue weighted by Gasteiger charge is -2.22. The Kier molecular flexibility index (Phi) is 3.33. The van der Waals surface area contributed by atoms with Gasteiger partial charge in [0.25, 0.3) is 0 Å². The van der Waals surface area contributed by atoms with Gasteiger partial charge in [-0.15, -0.1) is 0 Å². The van der Waals surface area contributed by atoms with E-state index in [9.17, 15) is 0 Å². The van der Waals surface area contributed by atoms with Crippen molar-refractivity contribution in [1.29, 1.82) is 0 Å². The van der Waals surface area contributed by atoms with Gasteiger partial charge < -0.3 is 0 Å². The number of hydrogen-bond acceptors (Lipinski definition) is 0. The monoisotopic (exact) mass is 454 g/mol. The first kappa shape index (κ1) is 19.6. The molecule has 0 aliphatic rings. The molecule has 8 aromatic carbocycles. The van der Waals surface area contributed by atoms with Gasteiger partial charge in [0.1, 0.15) is 0 Å². The maximum absolute atomic E-state index is 4.41. The SMILES string of the molecule is C=Cc1cc2cc3cc4cc(=C)c(=C)c5c(C=C)cc6cc7cc8cc(=C)c(=C)c1c8c2c7c3c6c45. The van der Waals surface area contributed by atoms with Crippen LogP contribution >= 0.6 is 0 Å². The van der Waals surface area contributed by atoms with Gasteiger partial charge in [0.05, 0.1) is 0 Å². The van der Waals surface area contributed by atoms with E-state index in [-0.39, 0.29) is 0 Å². The molecule has 0 heterocycles. The van der Waals surface area contributed by atoms with E-state index >= 15 is 0 Å². The van der Waals surface area contributed by atoms with Gasteiger partial charge in [0.15, 0.2) is 0 Å². The highest BCUT2D eigenvalue weighted by molar-refractivity contribution is 6.43. The fourth-order valence-electron chi connectivity index (χ4n) is 6.88. The average Bonchev–Trinajstić information content (AvgIpc) is 2.87. The largest absolute Gasteiger partial charge is 0.0984 e. The van der Waals surface area contributed by atoms with Crippen molar-refractivity contribution >= 4 is 114 Å². The van der Waals surface area contributed by atoms with Gasteiger partial charge in [-0.1, -0.05) is 51.6 Å². The maximum Gasteiger partial charge on any atom is -0.00134 e. The van der Waals surface area contributed by atoms with Crippen molar-refractivity contribution in [2.45, 2.75) is 0 Å². The van der Waals surface area contributed by atoms with Gasteiger partial charge >= 0.3 is 0 Å². The lowest BCUT2D eigenvalue weighted by atomic mass is 9.81. The van der Waals surface area contributed by atoms with Crippen LogP contribution in [0.1, 0.15) is 11.1 Å². The Morgan fingerprint density at radius 2 is 0.639 bits per heavy atom. The predicted octanol–water partition coefficient (Wildman–Crippen LogP) is 7.00. The van der Waals surface area contributed by atoms with Gasteiger partial charge in [0, 0.05) is 0 Å². The highest BCUT2D eigenvalue weighted by atomic mass is 14.2. The average molecular weight is 455 g/mol. The summed E-state index contributed by atoms with van der Waals surface area (Å²) in [5, 5.41) is 21.3. The highest BCUT2D eigenvalue weighted by Gasteiger charge is 2.22. The fourth-order valence-corrected chi connectivity index (χ4v) is 6.88. The summed E-state index contributed by atoms with van der Waals surface area (Å²) in [5.41, 5.74) is 2.21. The summed E-state index contributed by atoms with van der Waals surface area (Å²) in [5.74, 6) is 0. The molecule has 0 fully saturated rings. The molecule has 8 aromatic rings. The zero-order valence-electron chi connectivity index (χ0n) is 20.0. The van der Waals surface area contributed by atoms with Gasteiger partial charge in [-0.05, 0) is 156 Å². The minimum absolute atomic E-state index is 0.958. The third-order valence-corrected chi connectivity index (χ3v) is 8.40. The van der Waals surface area contributed by atoms with Crippen LogP contribution in [0.2, 0.25) is 0 Å². The second-order valence-electron chi connectivity index (χ2n) is 10.2. The molecule has 0 radical (unpaired) electrons. The normalized spacial score (nSPS) is 12.6. The van der Waals surface area contributed by atoms with Crippen molar-refractivity contribution in [1.82, 2.24) is 0 Å². The maximum atomic E-state index is 4.41. The fraction of sp³-hybridized carbons (Fsp3) is 0.